The van der Waals surface area contributed by atoms with Crippen LogP contribution in [-0.4, -0.2) is 44.8 Å². The molecule has 0 unspecified atom stereocenters. The van der Waals surface area contributed by atoms with E-state index in [-0.39, 0.29) is 17.0 Å². The lowest BCUT2D eigenvalue weighted by Crippen LogP contribution is -2.51. The van der Waals surface area contributed by atoms with Crippen molar-refractivity contribution in [3.63, 3.8) is 0 Å². The molecule has 1 aromatic rings. The van der Waals surface area contributed by atoms with Crippen LogP contribution in [0.15, 0.2) is 43.5 Å². The van der Waals surface area contributed by atoms with Crippen molar-refractivity contribution in [3.8, 4) is 0 Å². The zero-order valence-corrected chi connectivity index (χ0v) is 20.6. The number of nitrogens with zero attached hydrogens (tertiary/aromatic N) is 1. The molecule has 3 aliphatic carbocycles. The van der Waals surface area contributed by atoms with Gasteiger partial charge in [-0.1, -0.05) is 37.3 Å². The molecule has 4 aliphatic rings. The van der Waals surface area contributed by atoms with Crippen molar-refractivity contribution < 1.29 is 17.9 Å². The van der Waals surface area contributed by atoms with Gasteiger partial charge in [0.1, 0.15) is 0 Å². The molecule has 5 rings (SSSR count). The van der Waals surface area contributed by atoms with E-state index < -0.39 is 10.0 Å². The Kier molecular flexibility index (Phi) is 6.09. The van der Waals surface area contributed by atoms with Crippen LogP contribution in [0.4, 0.5) is 0 Å². The molecule has 0 bridgehead atoms. The van der Waals surface area contributed by atoms with Gasteiger partial charge in [-0.25, -0.2) is 8.42 Å². The van der Waals surface area contributed by atoms with Crippen LogP contribution in [0.2, 0.25) is 0 Å². The van der Waals surface area contributed by atoms with Crippen molar-refractivity contribution in [1.29, 1.82) is 0 Å². The van der Waals surface area contributed by atoms with Crippen LogP contribution in [0.1, 0.15) is 61.6 Å². The lowest BCUT2D eigenvalue weighted by Gasteiger charge is -2.52. The Morgan fingerprint density at radius 3 is 2.52 bits per heavy atom. The van der Waals surface area contributed by atoms with Crippen molar-refractivity contribution in [3.05, 3.63) is 60.2 Å². The highest BCUT2D eigenvalue weighted by molar-refractivity contribution is 7.88. The van der Waals surface area contributed by atoms with E-state index in [1.165, 1.54) is 28.3 Å². The van der Waals surface area contributed by atoms with E-state index in [0.717, 1.165) is 44.5 Å². The van der Waals surface area contributed by atoms with Crippen LogP contribution in [0, 0.1) is 17.3 Å². The standard InChI is InChI=1S/C27H37NO4S/c1-4-14-28(15-5-2)33(29,30)19-20-6-8-22-21(18-20)7-9-24-23(22)10-12-26(3)25(24)11-13-27(26)31-16-17-32-27/h4-6,8,18,23-25H,1-2,7,9-17,19H2,3H3/t23-,24-,25+,26+/m1/s1. The average Bonchev–Trinajstić information content (AvgIpc) is 3.39. The van der Waals surface area contributed by atoms with Gasteiger partial charge in [0, 0.05) is 24.9 Å². The summed E-state index contributed by atoms with van der Waals surface area (Å²) in [6, 6.07) is 6.40. The minimum atomic E-state index is -3.42. The van der Waals surface area contributed by atoms with Gasteiger partial charge in [-0.2, -0.15) is 4.31 Å². The molecule has 180 valence electrons. The second-order valence-electron chi connectivity index (χ2n) is 10.5. The Bertz CT molecular complexity index is 1020. The summed E-state index contributed by atoms with van der Waals surface area (Å²) in [5.41, 5.74) is 3.76. The minimum absolute atomic E-state index is 0.0218. The van der Waals surface area contributed by atoms with Crippen LogP contribution < -0.4 is 0 Å². The molecule has 3 fully saturated rings. The van der Waals surface area contributed by atoms with Gasteiger partial charge in [0.15, 0.2) is 5.79 Å². The van der Waals surface area contributed by atoms with Gasteiger partial charge >= 0.3 is 0 Å². The van der Waals surface area contributed by atoms with Crippen LogP contribution in [0.25, 0.3) is 0 Å². The fraction of sp³-hybridized carbons (Fsp3) is 0.630. The highest BCUT2D eigenvalue weighted by Gasteiger charge is 2.64. The van der Waals surface area contributed by atoms with Crippen molar-refractivity contribution in [2.75, 3.05) is 26.3 Å². The minimum Gasteiger partial charge on any atom is -0.347 e. The molecule has 0 amide bonds. The second kappa shape index (κ2) is 8.63. The predicted octanol–water partition coefficient (Wildman–Crippen LogP) is 4.79. The molecule has 0 N–H and O–H groups in total. The first-order valence-corrected chi connectivity index (χ1v) is 14.0. The van der Waals surface area contributed by atoms with Gasteiger partial charge in [0.05, 0.1) is 19.0 Å². The monoisotopic (exact) mass is 471 g/mol. The average molecular weight is 472 g/mol. The van der Waals surface area contributed by atoms with E-state index in [9.17, 15) is 8.42 Å². The fourth-order valence-corrected chi connectivity index (χ4v) is 8.95. The maximum absolute atomic E-state index is 13.0. The molecule has 1 heterocycles. The molecule has 1 aromatic carbocycles. The maximum atomic E-state index is 13.0. The Balaban J connectivity index is 1.36. The molecule has 4 atom stereocenters. The largest absolute Gasteiger partial charge is 0.347 e. The van der Waals surface area contributed by atoms with Crippen molar-refractivity contribution >= 4 is 10.0 Å². The van der Waals surface area contributed by atoms with Gasteiger partial charge in [-0.3, -0.25) is 0 Å². The summed E-state index contributed by atoms with van der Waals surface area (Å²) in [7, 11) is -3.42. The van der Waals surface area contributed by atoms with E-state index in [1.54, 1.807) is 12.2 Å². The Morgan fingerprint density at radius 1 is 1.09 bits per heavy atom. The first-order valence-electron chi connectivity index (χ1n) is 12.4. The van der Waals surface area contributed by atoms with E-state index in [1.807, 2.05) is 6.07 Å². The first kappa shape index (κ1) is 23.3. The summed E-state index contributed by atoms with van der Waals surface area (Å²) in [5, 5.41) is 0. The fourth-order valence-electron chi connectivity index (χ4n) is 7.50. The molecule has 0 radical (unpaired) electrons. The number of sulfonamides is 1. The zero-order chi connectivity index (χ0) is 23.3. The smallest absolute Gasteiger partial charge is 0.218 e. The van der Waals surface area contributed by atoms with Crippen LogP contribution in [0.3, 0.4) is 0 Å². The second-order valence-corrected chi connectivity index (χ2v) is 12.5. The molecule has 6 heteroatoms. The summed E-state index contributed by atoms with van der Waals surface area (Å²) in [4.78, 5) is 0. The third-order valence-corrected chi connectivity index (χ3v) is 10.8. The van der Waals surface area contributed by atoms with Crippen molar-refractivity contribution in [1.82, 2.24) is 4.31 Å². The third-order valence-electron chi connectivity index (χ3n) is 9.00. The zero-order valence-electron chi connectivity index (χ0n) is 19.8. The summed E-state index contributed by atoms with van der Waals surface area (Å²) in [5.74, 6) is 1.52. The number of aryl methyl sites for hydroxylation is 1. The number of ether oxygens (including phenoxy) is 2. The van der Waals surface area contributed by atoms with Gasteiger partial charge < -0.3 is 9.47 Å². The molecule has 33 heavy (non-hydrogen) atoms. The van der Waals surface area contributed by atoms with Crippen LogP contribution in [0.5, 0.6) is 0 Å². The topological polar surface area (TPSA) is 55.8 Å². The molecule has 1 saturated heterocycles. The molecular weight excluding hydrogens is 434 g/mol. The lowest BCUT2D eigenvalue weighted by atomic mass is 9.55. The van der Waals surface area contributed by atoms with E-state index in [2.05, 4.69) is 32.2 Å². The highest BCUT2D eigenvalue weighted by Crippen LogP contribution is 2.66. The van der Waals surface area contributed by atoms with Gasteiger partial charge in [0.25, 0.3) is 0 Å². The molecule has 0 aromatic heterocycles. The van der Waals surface area contributed by atoms with Crippen molar-refractivity contribution in [2.24, 2.45) is 17.3 Å². The summed E-state index contributed by atoms with van der Waals surface area (Å²) in [6.07, 6.45) is 9.94. The Labute approximate surface area is 198 Å². The molecular formula is C27H37NO4S. The van der Waals surface area contributed by atoms with Gasteiger partial charge in [0.2, 0.25) is 10.0 Å². The number of fused-ring (bicyclic) bond motifs is 6. The Hall–Kier alpha value is -1.47. The first-order chi connectivity index (χ1) is 15.8. The number of benzene rings is 1. The molecule has 5 nitrogen and oxygen atoms in total. The summed E-state index contributed by atoms with van der Waals surface area (Å²) >= 11 is 0. The predicted molar refractivity (Wildman–Crippen MR) is 130 cm³/mol. The van der Waals surface area contributed by atoms with Crippen LogP contribution in [-0.2, 0) is 31.7 Å². The number of rotatable bonds is 7. The van der Waals surface area contributed by atoms with Crippen molar-refractivity contribution in [2.45, 2.75) is 62.9 Å². The lowest BCUT2D eigenvalue weighted by molar-refractivity contribution is -0.237. The van der Waals surface area contributed by atoms with E-state index in [4.69, 9.17) is 9.47 Å². The van der Waals surface area contributed by atoms with E-state index >= 15 is 0 Å². The maximum Gasteiger partial charge on any atom is 0.218 e. The SMILES string of the molecule is C=CCN(CC=C)S(=O)(=O)Cc1ccc2c(c1)CC[C@@H]1[C@@H]2CC[C@@]2(C)[C@H]1CCC21OCCO1. The van der Waals surface area contributed by atoms with Crippen LogP contribution >= 0.6 is 0 Å². The molecule has 1 spiro atoms. The summed E-state index contributed by atoms with van der Waals surface area (Å²) < 4.78 is 39.9. The summed E-state index contributed by atoms with van der Waals surface area (Å²) in [6.45, 7) is 11.9. The number of hydrogen-bond donors (Lipinski definition) is 0. The van der Waals surface area contributed by atoms with E-state index in [0.29, 0.717) is 30.8 Å². The number of hydrogen-bond acceptors (Lipinski definition) is 4. The highest BCUT2D eigenvalue weighted by atomic mass is 32.2. The van der Waals surface area contributed by atoms with Gasteiger partial charge in [-0.05, 0) is 66.5 Å². The Morgan fingerprint density at radius 2 is 1.82 bits per heavy atom. The molecule has 2 saturated carbocycles. The van der Waals surface area contributed by atoms with Gasteiger partial charge in [-0.15, -0.1) is 13.2 Å². The quantitative estimate of drug-likeness (QED) is 0.537. The normalized spacial score (nSPS) is 32.4. The third kappa shape index (κ3) is 3.74. The molecule has 1 aliphatic heterocycles.